The Morgan fingerprint density at radius 2 is 2.12 bits per heavy atom. The van der Waals surface area contributed by atoms with Gasteiger partial charge in [-0.05, 0) is 46.5 Å². The van der Waals surface area contributed by atoms with Crippen LogP contribution in [-0.2, 0) is 16.6 Å². The molecule has 2 N–H and O–H groups in total. The molecule has 0 spiro atoms. The third kappa shape index (κ3) is 2.54. The number of rotatable bonds is 4. The normalized spacial score (nSPS) is 16.5. The molecule has 1 aliphatic carbocycles. The van der Waals surface area contributed by atoms with E-state index >= 15 is 0 Å². The molecule has 1 aromatic carbocycles. The van der Waals surface area contributed by atoms with Gasteiger partial charge in [-0.3, -0.25) is 0 Å². The summed E-state index contributed by atoms with van der Waals surface area (Å²) in [5.74, 6) is 0. The van der Waals surface area contributed by atoms with Gasteiger partial charge in [0.25, 0.3) is 0 Å². The van der Waals surface area contributed by atoms with E-state index in [2.05, 4.69) is 15.9 Å². The van der Waals surface area contributed by atoms with E-state index in [1.54, 1.807) is 25.2 Å². The molecule has 17 heavy (non-hydrogen) atoms. The highest BCUT2D eigenvalue weighted by Crippen LogP contribution is 2.33. The highest BCUT2D eigenvalue weighted by Gasteiger charge is 2.35. The zero-order valence-electron chi connectivity index (χ0n) is 9.56. The third-order valence-corrected chi connectivity index (χ3v) is 5.84. The van der Waals surface area contributed by atoms with Crippen molar-refractivity contribution in [2.75, 3.05) is 7.05 Å². The van der Waals surface area contributed by atoms with Crippen LogP contribution in [0.3, 0.4) is 0 Å². The number of benzene rings is 1. The van der Waals surface area contributed by atoms with Crippen molar-refractivity contribution in [2.24, 2.45) is 5.73 Å². The lowest BCUT2D eigenvalue weighted by Gasteiger charge is -2.17. The average molecular weight is 319 g/mol. The van der Waals surface area contributed by atoms with Crippen molar-refractivity contribution in [3.63, 3.8) is 0 Å². The molecule has 0 radical (unpaired) electrons. The maximum atomic E-state index is 12.3. The second-order valence-corrected chi connectivity index (χ2v) is 7.04. The first kappa shape index (κ1) is 13.0. The lowest BCUT2D eigenvalue weighted by Crippen LogP contribution is -2.29. The van der Waals surface area contributed by atoms with Crippen LogP contribution in [0.15, 0.2) is 27.6 Å². The molecule has 0 aliphatic heterocycles. The molecular weight excluding hydrogens is 304 g/mol. The van der Waals surface area contributed by atoms with Gasteiger partial charge in [0.15, 0.2) is 0 Å². The summed E-state index contributed by atoms with van der Waals surface area (Å²) >= 11 is 3.30. The molecule has 94 valence electrons. The molecule has 6 heteroatoms. The number of sulfonamides is 1. The van der Waals surface area contributed by atoms with Crippen LogP contribution in [-0.4, -0.2) is 25.8 Å². The predicted molar refractivity (Wildman–Crippen MR) is 70.0 cm³/mol. The topological polar surface area (TPSA) is 63.4 Å². The van der Waals surface area contributed by atoms with Gasteiger partial charge in [-0.1, -0.05) is 6.07 Å². The highest BCUT2D eigenvalue weighted by molar-refractivity contribution is 9.10. The Hall–Kier alpha value is -0.430. The Labute approximate surface area is 110 Å². The van der Waals surface area contributed by atoms with Gasteiger partial charge >= 0.3 is 0 Å². The Morgan fingerprint density at radius 3 is 2.59 bits per heavy atom. The third-order valence-electron chi connectivity index (χ3n) is 2.95. The summed E-state index contributed by atoms with van der Waals surface area (Å²) in [6.45, 7) is 0.400. The van der Waals surface area contributed by atoms with Crippen LogP contribution in [0.5, 0.6) is 0 Å². The van der Waals surface area contributed by atoms with Crippen molar-refractivity contribution in [3.05, 3.63) is 28.2 Å². The molecule has 0 atom stereocenters. The maximum Gasteiger partial charge on any atom is 0.244 e. The van der Waals surface area contributed by atoms with Crippen LogP contribution in [0.4, 0.5) is 0 Å². The summed E-state index contributed by atoms with van der Waals surface area (Å²) in [4.78, 5) is 0.309. The van der Waals surface area contributed by atoms with Gasteiger partial charge in [-0.15, -0.1) is 0 Å². The van der Waals surface area contributed by atoms with Gasteiger partial charge < -0.3 is 5.73 Å². The lowest BCUT2D eigenvalue weighted by molar-refractivity contribution is 0.464. The second kappa shape index (κ2) is 4.68. The quantitative estimate of drug-likeness (QED) is 0.918. The standard InChI is InChI=1S/C11H15BrN2O2S/c1-14(9-3-4-9)17(15,16)11-5-2-8(7-13)6-10(11)12/h2,5-6,9H,3-4,7,13H2,1H3. The van der Waals surface area contributed by atoms with Crippen molar-refractivity contribution >= 4 is 26.0 Å². The van der Waals surface area contributed by atoms with Gasteiger partial charge in [0.1, 0.15) is 0 Å². The molecule has 0 unspecified atom stereocenters. The molecule has 0 amide bonds. The summed E-state index contributed by atoms with van der Waals surface area (Å²) in [6, 6.07) is 5.29. The largest absolute Gasteiger partial charge is 0.326 e. The molecular formula is C11H15BrN2O2S. The SMILES string of the molecule is CN(C1CC1)S(=O)(=O)c1ccc(CN)cc1Br. The van der Waals surface area contributed by atoms with Crippen LogP contribution >= 0.6 is 15.9 Å². The number of nitrogens with two attached hydrogens (primary N) is 1. The minimum Gasteiger partial charge on any atom is -0.326 e. The fraction of sp³-hybridized carbons (Fsp3) is 0.455. The minimum atomic E-state index is -3.39. The average Bonchev–Trinajstić information content (AvgIpc) is 3.11. The summed E-state index contributed by atoms with van der Waals surface area (Å²) < 4.78 is 26.6. The number of hydrogen-bond acceptors (Lipinski definition) is 3. The minimum absolute atomic E-state index is 0.168. The highest BCUT2D eigenvalue weighted by atomic mass is 79.9. The molecule has 1 aliphatic rings. The summed E-state index contributed by atoms with van der Waals surface area (Å²) in [7, 11) is -1.75. The van der Waals surface area contributed by atoms with Crippen molar-refractivity contribution < 1.29 is 8.42 Å². The van der Waals surface area contributed by atoms with Crippen LogP contribution in [0.25, 0.3) is 0 Å². The lowest BCUT2D eigenvalue weighted by atomic mass is 10.2. The smallest absolute Gasteiger partial charge is 0.244 e. The zero-order valence-corrected chi connectivity index (χ0v) is 12.0. The molecule has 1 aromatic rings. The molecule has 0 heterocycles. The van der Waals surface area contributed by atoms with Gasteiger partial charge in [-0.25, -0.2) is 8.42 Å². The van der Waals surface area contributed by atoms with Crippen molar-refractivity contribution in [1.29, 1.82) is 0 Å². The van der Waals surface area contributed by atoms with E-state index < -0.39 is 10.0 Å². The van der Waals surface area contributed by atoms with Crippen LogP contribution in [0.2, 0.25) is 0 Å². The fourth-order valence-electron chi connectivity index (χ4n) is 1.67. The van der Waals surface area contributed by atoms with Crippen LogP contribution < -0.4 is 5.73 Å². The van der Waals surface area contributed by atoms with E-state index in [4.69, 9.17) is 5.73 Å². The second-order valence-electron chi connectivity index (χ2n) is 4.22. The first-order chi connectivity index (χ1) is 7.96. The Kier molecular flexibility index (Phi) is 3.58. The first-order valence-electron chi connectivity index (χ1n) is 5.43. The van der Waals surface area contributed by atoms with E-state index in [0.717, 1.165) is 18.4 Å². The number of hydrogen-bond donors (Lipinski definition) is 1. The molecule has 0 saturated heterocycles. The Bertz CT molecular complexity index is 526. The molecule has 2 rings (SSSR count). The molecule has 0 bridgehead atoms. The fourth-order valence-corrected chi connectivity index (χ4v) is 4.17. The van der Waals surface area contributed by atoms with E-state index in [0.29, 0.717) is 15.9 Å². The Morgan fingerprint density at radius 1 is 1.47 bits per heavy atom. The van der Waals surface area contributed by atoms with Crippen LogP contribution in [0.1, 0.15) is 18.4 Å². The molecule has 1 fully saturated rings. The predicted octanol–water partition coefficient (Wildman–Crippen LogP) is 1.69. The van der Waals surface area contributed by atoms with Gasteiger partial charge in [0.05, 0.1) is 4.90 Å². The van der Waals surface area contributed by atoms with Gasteiger partial charge in [0.2, 0.25) is 10.0 Å². The van der Waals surface area contributed by atoms with E-state index in [9.17, 15) is 8.42 Å². The number of nitrogens with zero attached hydrogens (tertiary/aromatic N) is 1. The Balaban J connectivity index is 2.39. The molecule has 0 aromatic heterocycles. The molecule has 1 saturated carbocycles. The van der Waals surface area contributed by atoms with E-state index in [1.807, 2.05) is 0 Å². The number of halogens is 1. The summed E-state index contributed by atoms with van der Waals surface area (Å²) in [6.07, 6.45) is 1.91. The molecule has 4 nitrogen and oxygen atoms in total. The summed E-state index contributed by atoms with van der Waals surface area (Å²) in [5, 5.41) is 0. The zero-order chi connectivity index (χ0) is 12.6. The maximum absolute atomic E-state index is 12.3. The van der Waals surface area contributed by atoms with Gasteiger partial charge in [-0.2, -0.15) is 4.31 Å². The van der Waals surface area contributed by atoms with E-state index in [1.165, 1.54) is 4.31 Å². The van der Waals surface area contributed by atoms with Crippen LogP contribution in [0, 0.1) is 0 Å². The van der Waals surface area contributed by atoms with Crippen molar-refractivity contribution in [3.8, 4) is 0 Å². The van der Waals surface area contributed by atoms with Gasteiger partial charge in [0, 0.05) is 24.1 Å². The monoisotopic (exact) mass is 318 g/mol. The summed E-state index contributed by atoms with van der Waals surface area (Å²) in [5.41, 5.74) is 6.42. The van der Waals surface area contributed by atoms with Crippen molar-refractivity contribution in [1.82, 2.24) is 4.31 Å². The first-order valence-corrected chi connectivity index (χ1v) is 7.66. The van der Waals surface area contributed by atoms with Crippen molar-refractivity contribution in [2.45, 2.75) is 30.3 Å². The van der Waals surface area contributed by atoms with E-state index in [-0.39, 0.29) is 6.04 Å².